The van der Waals surface area contributed by atoms with Crippen LogP contribution in [0.2, 0.25) is 0 Å². The van der Waals surface area contributed by atoms with Crippen molar-refractivity contribution in [2.45, 2.75) is 12.5 Å². The summed E-state index contributed by atoms with van der Waals surface area (Å²) in [5, 5.41) is 24.5. The molecule has 0 saturated carbocycles. The van der Waals surface area contributed by atoms with Crippen LogP contribution in [0.15, 0.2) is 48.5 Å². The standard InChI is InChI=1S/C17H16N2O6/c1-25-14-7-3-5-12(9-14)17(22)18-15(10-16(20)21)11-4-2-6-13(8-11)19(23)24/h2-9,15H,10H2,1H3,(H,18,22)(H,20,21)/p-1/t15-/m0/s1. The van der Waals surface area contributed by atoms with Gasteiger partial charge in [-0.25, -0.2) is 0 Å². The maximum Gasteiger partial charge on any atom is 0.269 e. The summed E-state index contributed by atoms with van der Waals surface area (Å²) < 4.78 is 5.04. The summed E-state index contributed by atoms with van der Waals surface area (Å²) in [6.07, 6.45) is -0.517. The average molecular weight is 343 g/mol. The van der Waals surface area contributed by atoms with E-state index in [1.807, 2.05) is 0 Å². The summed E-state index contributed by atoms with van der Waals surface area (Å²) in [6.45, 7) is 0. The van der Waals surface area contributed by atoms with Gasteiger partial charge in [0.1, 0.15) is 5.75 Å². The highest BCUT2D eigenvalue weighted by atomic mass is 16.6. The Morgan fingerprint density at radius 2 is 1.92 bits per heavy atom. The minimum atomic E-state index is -1.39. The Hall–Kier alpha value is -3.42. The second kappa shape index (κ2) is 7.91. The van der Waals surface area contributed by atoms with Crippen molar-refractivity contribution in [1.82, 2.24) is 5.32 Å². The van der Waals surface area contributed by atoms with Gasteiger partial charge in [-0.3, -0.25) is 14.9 Å². The fourth-order valence-corrected chi connectivity index (χ4v) is 2.28. The number of rotatable bonds is 7. The number of hydrogen-bond donors (Lipinski definition) is 1. The number of amides is 1. The van der Waals surface area contributed by atoms with E-state index >= 15 is 0 Å². The number of aliphatic carboxylic acids is 1. The molecular formula is C17H15N2O6-. The number of nitro benzene ring substituents is 1. The van der Waals surface area contributed by atoms with Gasteiger partial charge in [0.05, 0.1) is 18.1 Å². The number of carboxylic acids is 1. The first-order chi connectivity index (χ1) is 11.9. The molecule has 1 amide bonds. The van der Waals surface area contributed by atoms with E-state index in [9.17, 15) is 24.8 Å². The monoisotopic (exact) mass is 343 g/mol. The Bertz CT molecular complexity index is 805. The third-order valence-electron chi connectivity index (χ3n) is 3.49. The fourth-order valence-electron chi connectivity index (χ4n) is 2.28. The molecule has 0 bridgehead atoms. The normalized spacial score (nSPS) is 11.4. The van der Waals surface area contributed by atoms with E-state index < -0.39 is 29.3 Å². The second-order valence-corrected chi connectivity index (χ2v) is 5.19. The van der Waals surface area contributed by atoms with Gasteiger partial charge in [0.15, 0.2) is 0 Å². The van der Waals surface area contributed by atoms with Crippen LogP contribution >= 0.6 is 0 Å². The molecule has 0 aliphatic heterocycles. The molecule has 25 heavy (non-hydrogen) atoms. The molecule has 0 aliphatic carbocycles. The predicted molar refractivity (Wildman–Crippen MR) is 85.9 cm³/mol. The molecule has 2 rings (SSSR count). The van der Waals surface area contributed by atoms with Crippen molar-refractivity contribution in [1.29, 1.82) is 0 Å². The van der Waals surface area contributed by atoms with E-state index in [2.05, 4.69) is 5.32 Å². The summed E-state index contributed by atoms with van der Waals surface area (Å²) in [5.41, 5.74) is 0.374. The maximum atomic E-state index is 12.4. The molecule has 0 unspecified atom stereocenters. The van der Waals surface area contributed by atoms with Crippen molar-refractivity contribution in [3.05, 3.63) is 69.8 Å². The molecule has 8 heteroatoms. The molecule has 130 valence electrons. The van der Waals surface area contributed by atoms with E-state index in [-0.39, 0.29) is 11.3 Å². The van der Waals surface area contributed by atoms with Gasteiger partial charge >= 0.3 is 0 Å². The van der Waals surface area contributed by atoms with Crippen LogP contribution in [0.3, 0.4) is 0 Å². The quantitative estimate of drug-likeness (QED) is 0.596. The third kappa shape index (κ3) is 4.77. The highest BCUT2D eigenvalue weighted by Gasteiger charge is 2.19. The van der Waals surface area contributed by atoms with Gasteiger partial charge in [-0.15, -0.1) is 0 Å². The molecule has 0 aromatic heterocycles. The van der Waals surface area contributed by atoms with Crippen molar-refractivity contribution in [2.24, 2.45) is 0 Å². The van der Waals surface area contributed by atoms with Crippen LogP contribution in [0, 0.1) is 10.1 Å². The van der Waals surface area contributed by atoms with Crippen molar-refractivity contribution >= 4 is 17.6 Å². The summed E-state index contributed by atoms with van der Waals surface area (Å²) >= 11 is 0. The molecule has 0 fully saturated rings. The number of nitrogens with zero attached hydrogens (tertiary/aromatic N) is 1. The highest BCUT2D eigenvalue weighted by Crippen LogP contribution is 2.22. The first-order valence-corrected chi connectivity index (χ1v) is 7.30. The molecule has 2 aromatic carbocycles. The van der Waals surface area contributed by atoms with Gasteiger partial charge in [-0.05, 0) is 23.8 Å². The number of non-ortho nitro benzene ring substituents is 1. The molecule has 0 saturated heterocycles. The lowest BCUT2D eigenvalue weighted by Gasteiger charge is -2.20. The number of methoxy groups -OCH3 is 1. The number of nitro groups is 1. The maximum absolute atomic E-state index is 12.4. The number of carbonyl (C=O) groups is 2. The number of ether oxygens (including phenoxy) is 1. The summed E-state index contributed by atoms with van der Waals surface area (Å²) in [5.74, 6) is -1.45. The first-order valence-electron chi connectivity index (χ1n) is 7.30. The lowest BCUT2D eigenvalue weighted by Crippen LogP contribution is -2.34. The minimum absolute atomic E-state index is 0.198. The fraction of sp³-hybridized carbons (Fsp3) is 0.176. The van der Waals surface area contributed by atoms with Gasteiger partial charge < -0.3 is 20.0 Å². The van der Waals surface area contributed by atoms with E-state index in [1.165, 1.54) is 37.4 Å². The largest absolute Gasteiger partial charge is 0.550 e. The summed E-state index contributed by atoms with van der Waals surface area (Å²) in [6, 6.07) is 10.8. The topological polar surface area (TPSA) is 122 Å². The van der Waals surface area contributed by atoms with Gasteiger partial charge in [0, 0.05) is 30.1 Å². The van der Waals surface area contributed by atoms with E-state index in [4.69, 9.17) is 4.74 Å². The van der Waals surface area contributed by atoms with E-state index in [0.717, 1.165) is 0 Å². The molecule has 1 N–H and O–H groups in total. The molecule has 2 aromatic rings. The van der Waals surface area contributed by atoms with Gasteiger partial charge in [0.2, 0.25) is 0 Å². The van der Waals surface area contributed by atoms with Crippen molar-refractivity contribution in [2.75, 3.05) is 7.11 Å². The van der Waals surface area contributed by atoms with Gasteiger partial charge in [-0.2, -0.15) is 0 Å². The Morgan fingerprint density at radius 1 is 1.20 bits per heavy atom. The molecule has 0 spiro atoms. The Balaban J connectivity index is 2.28. The number of hydrogen-bond acceptors (Lipinski definition) is 6. The number of carbonyl (C=O) groups excluding carboxylic acids is 2. The Labute approximate surface area is 143 Å². The van der Waals surface area contributed by atoms with Gasteiger partial charge in [0.25, 0.3) is 11.6 Å². The van der Waals surface area contributed by atoms with Gasteiger partial charge in [-0.1, -0.05) is 18.2 Å². The zero-order valence-electron chi connectivity index (χ0n) is 13.3. The zero-order valence-corrected chi connectivity index (χ0v) is 13.3. The Morgan fingerprint density at radius 3 is 2.56 bits per heavy atom. The van der Waals surface area contributed by atoms with Crippen LogP contribution in [0.25, 0.3) is 0 Å². The van der Waals surface area contributed by atoms with Crippen LogP contribution in [0.5, 0.6) is 5.75 Å². The van der Waals surface area contributed by atoms with Crippen molar-refractivity contribution in [3.8, 4) is 5.75 Å². The van der Waals surface area contributed by atoms with Crippen LogP contribution in [0.4, 0.5) is 5.69 Å². The molecular weight excluding hydrogens is 328 g/mol. The van der Waals surface area contributed by atoms with Crippen LogP contribution in [-0.2, 0) is 4.79 Å². The first kappa shape index (κ1) is 17.9. The lowest BCUT2D eigenvalue weighted by atomic mass is 10.0. The zero-order chi connectivity index (χ0) is 18.4. The molecule has 1 atom stereocenters. The lowest BCUT2D eigenvalue weighted by molar-refractivity contribution is -0.385. The molecule has 8 nitrogen and oxygen atoms in total. The Kier molecular flexibility index (Phi) is 5.67. The van der Waals surface area contributed by atoms with E-state index in [0.29, 0.717) is 11.3 Å². The van der Waals surface area contributed by atoms with Crippen LogP contribution < -0.4 is 15.2 Å². The average Bonchev–Trinajstić information content (AvgIpc) is 2.60. The second-order valence-electron chi connectivity index (χ2n) is 5.19. The smallest absolute Gasteiger partial charge is 0.269 e. The predicted octanol–water partition coefficient (Wildman–Crippen LogP) is 1.21. The SMILES string of the molecule is COc1cccc(C(=O)N[C@@H](CC(=O)[O-])c2cccc([N+](=O)[O-])c2)c1. The molecule has 0 radical (unpaired) electrons. The third-order valence-corrected chi connectivity index (χ3v) is 3.49. The van der Waals surface area contributed by atoms with E-state index in [1.54, 1.807) is 18.2 Å². The van der Waals surface area contributed by atoms with Crippen LogP contribution in [0.1, 0.15) is 28.4 Å². The number of nitrogens with one attached hydrogen (secondary N) is 1. The minimum Gasteiger partial charge on any atom is -0.550 e. The van der Waals surface area contributed by atoms with Crippen molar-refractivity contribution < 1.29 is 24.4 Å². The highest BCUT2D eigenvalue weighted by molar-refractivity contribution is 5.95. The number of carboxylic acid groups (broad SMARTS) is 1. The summed E-state index contributed by atoms with van der Waals surface area (Å²) in [4.78, 5) is 33.7. The molecule has 0 heterocycles. The number of benzene rings is 2. The van der Waals surface area contributed by atoms with Crippen LogP contribution in [-0.4, -0.2) is 23.9 Å². The van der Waals surface area contributed by atoms with Crippen molar-refractivity contribution in [3.63, 3.8) is 0 Å². The summed E-state index contributed by atoms with van der Waals surface area (Å²) in [7, 11) is 1.46. The molecule has 0 aliphatic rings.